The Morgan fingerprint density at radius 2 is 1.48 bits per heavy atom. The van der Waals surface area contributed by atoms with E-state index < -0.39 is 0 Å². The molecule has 1 saturated carbocycles. The fraction of sp³-hybridized carbons (Fsp3) is 0.375. The number of amides is 4. The summed E-state index contributed by atoms with van der Waals surface area (Å²) in [4.78, 5) is 41.2. The maximum absolute atomic E-state index is 12.9. The van der Waals surface area contributed by atoms with Gasteiger partial charge in [0, 0.05) is 49.0 Å². The van der Waals surface area contributed by atoms with E-state index in [-0.39, 0.29) is 23.9 Å². The summed E-state index contributed by atoms with van der Waals surface area (Å²) in [6.45, 7) is 4.06. The van der Waals surface area contributed by atoms with Gasteiger partial charge in [0.15, 0.2) is 0 Å². The molecule has 2 N–H and O–H groups in total. The topological polar surface area (TPSA) is 81.8 Å². The van der Waals surface area contributed by atoms with Crippen LogP contribution in [-0.2, 0) is 6.42 Å². The number of piperazine rings is 1. The molecule has 0 aromatic heterocycles. The van der Waals surface area contributed by atoms with Crippen molar-refractivity contribution in [3.05, 3.63) is 65.2 Å². The molecule has 1 aliphatic carbocycles. The molecular formula is C24H28N4O3. The van der Waals surface area contributed by atoms with E-state index in [9.17, 15) is 14.4 Å². The summed E-state index contributed by atoms with van der Waals surface area (Å²) in [5.41, 5.74) is 3.00. The maximum Gasteiger partial charge on any atom is 0.319 e. The molecule has 4 rings (SSSR count). The second-order valence-corrected chi connectivity index (χ2v) is 8.09. The van der Waals surface area contributed by atoms with Gasteiger partial charge in [-0.1, -0.05) is 25.1 Å². The lowest BCUT2D eigenvalue weighted by Gasteiger charge is -2.35. The van der Waals surface area contributed by atoms with Crippen LogP contribution >= 0.6 is 0 Å². The number of anilines is 1. The van der Waals surface area contributed by atoms with Crippen LogP contribution in [0, 0.1) is 0 Å². The summed E-state index contributed by atoms with van der Waals surface area (Å²) >= 11 is 0. The van der Waals surface area contributed by atoms with Gasteiger partial charge in [-0.05, 0) is 55.2 Å². The van der Waals surface area contributed by atoms with E-state index in [2.05, 4.69) is 17.6 Å². The molecule has 0 spiro atoms. The zero-order valence-corrected chi connectivity index (χ0v) is 17.8. The van der Waals surface area contributed by atoms with Gasteiger partial charge in [0.2, 0.25) is 0 Å². The van der Waals surface area contributed by atoms with Gasteiger partial charge in [0.25, 0.3) is 11.8 Å². The second kappa shape index (κ2) is 9.20. The number of carbonyl (C=O) groups excluding carboxylic acids is 3. The van der Waals surface area contributed by atoms with E-state index in [0.717, 1.165) is 19.3 Å². The van der Waals surface area contributed by atoms with Crippen molar-refractivity contribution in [3.8, 4) is 0 Å². The lowest BCUT2D eigenvalue weighted by molar-refractivity contribution is 0.0535. The molecule has 1 saturated heterocycles. The number of rotatable bonds is 5. The summed E-state index contributed by atoms with van der Waals surface area (Å²) < 4.78 is 0. The molecular weight excluding hydrogens is 392 g/mol. The van der Waals surface area contributed by atoms with Crippen LogP contribution < -0.4 is 10.6 Å². The average molecular weight is 421 g/mol. The van der Waals surface area contributed by atoms with Gasteiger partial charge >= 0.3 is 6.03 Å². The normalized spacial score (nSPS) is 16.0. The first-order chi connectivity index (χ1) is 15.0. The predicted molar refractivity (Wildman–Crippen MR) is 119 cm³/mol. The fourth-order valence-corrected chi connectivity index (χ4v) is 3.67. The minimum Gasteiger partial charge on any atom is -0.335 e. The highest BCUT2D eigenvalue weighted by Gasteiger charge is 2.26. The first kappa shape index (κ1) is 20.9. The van der Waals surface area contributed by atoms with Crippen LogP contribution in [0.15, 0.2) is 48.5 Å². The van der Waals surface area contributed by atoms with Crippen molar-refractivity contribution in [1.82, 2.24) is 15.1 Å². The Hall–Kier alpha value is -3.35. The predicted octanol–water partition coefficient (Wildman–Crippen LogP) is 3.13. The average Bonchev–Trinajstić information content (AvgIpc) is 3.62. The molecule has 1 heterocycles. The molecule has 2 fully saturated rings. The van der Waals surface area contributed by atoms with E-state index in [1.165, 1.54) is 5.56 Å². The molecule has 0 bridgehead atoms. The molecule has 4 amide bonds. The van der Waals surface area contributed by atoms with E-state index in [0.29, 0.717) is 43.0 Å². The molecule has 1 aliphatic heterocycles. The van der Waals surface area contributed by atoms with E-state index in [4.69, 9.17) is 0 Å². The minimum absolute atomic E-state index is 0.00243. The van der Waals surface area contributed by atoms with Crippen LogP contribution in [0.1, 0.15) is 46.0 Å². The Kier molecular flexibility index (Phi) is 6.21. The van der Waals surface area contributed by atoms with E-state index in [1.807, 2.05) is 24.3 Å². The number of benzene rings is 2. The molecule has 7 heteroatoms. The third-order valence-electron chi connectivity index (χ3n) is 5.74. The molecule has 2 aromatic carbocycles. The van der Waals surface area contributed by atoms with Crippen LogP contribution in [0.2, 0.25) is 0 Å². The smallest absolute Gasteiger partial charge is 0.319 e. The largest absolute Gasteiger partial charge is 0.335 e. The molecule has 0 unspecified atom stereocenters. The summed E-state index contributed by atoms with van der Waals surface area (Å²) in [6.07, 6.45) is 2.98. The first-order valence-corrected chi connectivity index (χ1v) is 10.9. The third kappa shape index (κ3) is 5.23. The second-order valence-electron chi connectivity index (χ2n) is 8.09. The summed E-state index contributed by atoms with van der Waals surface area (Å²) in [5.74, 6) is -0.0896. The van der Waals surface area contributed by atoms with Crippen molar-refractivity contribution in [3.63, 3.8) is 0 Å². The molecule has 2 aromatic rings. The number of nitrogens with zero attached hydrogens (tertiary/aromatic N) is 2. The number of hydrogen-bond donors (Lipinski definition) is 2. The summed E-state index contributed by atoms with van der Waals surface area (Å²) in [6, 6.07) is 14.7. The van der Waals surface area contributed by atoms with Gasteiger partial charge in [-0.15, -0.1) is 0 Å². The Bertz CT molecular complexity index is 961. The maximum atomic E-state index is 12.9. The Morgan fingerprint density at radius 1 is 0.871 bits per heavy atom. The van der Waals surface area contributed by atoms with Crippen LogP contribution in [-0.4, -0.2) is 59.9 Å². The zero-order chi connectivity index (χ0) is 21.8. The SMILES string of the molecule is CCc1ccc(C(=O)N2CCN(C(=O)c3cccc(NC(=O)NC4CC4)c3)CC2)cc1. The molecule has 0 radical (unpaired) electrons. The van der Waals surface area contributed by atoms with Gasteiger partial charge in [-0.25, -0.2) is 4.79 Å². The molecule has 0 atom stereocenters. The van der Waals surface area contributed by atoms with Crippen LogP contribution in [0.4, 0.5) is 10.5 Å². The molecule has 7 nitrogen and oxygen atoms in total. The summed E-state index contributed by atoms with van der Waals surface area (Å²) in [5, 5.41) is 5.65. The van der Waals surface area contributed by atoms with Crippen molar-refractivity contribution >= 4 is 23.5 Å². The lowest BCUT2D eigenvalue weighted by atomic mass is 10.1. The van der Waals surface area contributed by atoms with Crippen LogP contribution in [0.5, 0.6) is 0 Å². The summed E-state index contributed by atoms with van der Waals surface area (Å²) in [7, 11) is 0. The van der Waals surface area contributed by atoms with Crippen molar-refractivity contribution in [2.24, 2.45) is 0 Å². The number of nitrogens with one attached hydrogen (secondary N) is 2. The van der Waals surface area contributed by atoms with Gasteiger partial charge < -0.3 is 20.4 Å². The minimum atomic E-state index is -0.244. The van der Waals surface area contributed by atoms with Gasteiger partial charge in [0.05, 0.1) is 0 Å². The molecule has 2 aliphatic rings. The van der Waals surface area contributed by atoms with E-state index >= 15 is 0 Å². The zero-order valence-electron chi connectivity index (χ0n) is 17.8. The van der Waals surface area contributed by atoms with Crippen LogP contribution in [0.3, 0.4) is 0 Å². The Labute approximate surface area is 182 Å². The highest BCUT2D eigenvalue weighted by atomic mass is 16.2. The number of aryl methyl sites for hydroxylation is 1. The molecule has 162 valence electrons. The van der Waals surface area contributed by atoms with Crippen molar-refractivity contribution in [2.75, 3.05) is 31.5 Å². The van der Waals surface area contributed by atoms with Crippen molar-refractivity contribution < 1.29 is 14.4 Å². The first-order valence-electron chi connectivity index (χ1n) is 10.9. The lowest BCUT2D eigenvalue weighted by Crippen LogP contribution is -2.50. The molecule has 31 heavy (non-hydrogen) atoms. The third-order valence-corrected chi connectivity index (χ3v) is 5.74. The number of urea groups is 1. The Balaban J connectivity index is 1.32. The highest BCUT2D eigenvalue weighted by Crippen LogP contribution is 2.19. The van der Waals surface area contributed by atoms with E-state index in [1.54, 1.807) is 34.1 Å². The van der Waals surface area contributed by atoms with Crippen molar-refractivity contribution in [2.45, 2.75) is 32.2 Å². The quantitative estimate of drug-likeness (QED) is 0.780. The highest BCUT2D eigenvalue weighted by molar-refractivity contribution is 5.97. The fourth-order valence-electron chi connectivity index (χ4n) is 3.67. The van der Waals surface area contributed by atoms with Gasteiger partial charge in [-0.2, -0.15) is 0 Å². The standard InChI is InChI=1S/C24H28N4O3/c1-2-17-6-8-18(9-7-17)22(29)27-12-14-28(15-13-27)23(30)19-4-3-5-21(16-19)26-24(31)25-20-10-11-20/h3-9,16,20H,2,10-15H2,1H3,(H2,25,26,31). The monoisotopic (exact) mass is 420 g/mol. The van der Waals surface area contributed by atoms with Crippen LogP contribution in [0.25, 0.3) is 0 Å². The Morgan fingerprint density at radius 3 is 2.06 bits per heavy atom. The number of carbonyl (C=O) groups is 3. The van der Waals surface area contributed by atoms with Gasteiger partial charge in [-0.3, -0.25) is 9.59 Å². The van der Waals surface area contributed by atoms with Gasteiger partial charge in [0.1, 0.15) is 0 Å². The van der Waals surface area contributed by atoms with Crippen molar-refractivity contribution in [1.29, 1.82) is 0 Å². The number of hydrogen-bond acceptors (Lipinski definition) is 3.